The normalized spacial score (nSPS) is 21.6. The van der Waals surface area contributed by atoms with Crippen molar-refractivity contribution in [1.82, 2.24) is 9.80 Å². The van der Waals surface area contributed by atoms with E-state index in [2.05, 4.69) is 76.5 Å². The fourth-order valence-electron chi connectivity index (χ4n) is 5.73. The molecule has 1 heterocycles. The van der Waals surface area contributed by atoms with E-state index >= 15 is 0 Å². The quantitative estimate of drug-likeness (QED) is 0.537. The van der Waals surface area contributed by atoms with E-state index in [1.54, 1.807) is 0 Å². The first-order chi connectivity index (χ1) is 15.2. The van der Waals surface area contributed by atoms with Gasteiger partial charge >= 0.3 is 0 Å². The zero-order valence-corrected chi connectivity index (χ0v) is 18.5. The fourth-order valence-corrected chi connectivity index (χ4v) is 5.73. The average Bonchev–Trinajstić information content (AvgIpc) is 3.27. The molecule has 3 aromatic carbocycles. The molecular weight excluding hydrogens is 380 g/mol. The van der Waals surface area contributed by atoms with Crippen molar-refractivity contribution in [2.45, 2.75) is 50.6 Å². The Labute approximate surface area is 185 Å². The largest absolute Gasteiger partial charge is 0.337 e. The van der Waals surface area contributed by atoms with Crippen molar-refractivity contribution in [3.63, 3.8) is 0 Å². The molecule has 1 amide bonds. The Morgan fingerprint density at radius 2 is 1.68 bits per heavy atom. The molecule has 3 heteroatoms. The zero-order chi connectivity index (χ0) is 21.2. The van der Waals surface area contributed by atoms with Gasteiger partial charge in [0.05, 0.1) is 12.5 Å². The summed E-state index contributed by atoms with van der Waals surface area (Å²) in [6, 6.07) is 24.0. The number of fused-ring (bicyclic) bond motifs is 2. The Balaban J connectivity index is 1.48. The summed E-state index contributed by atoms with van der Waals surface area (Å²) in [4.78, 5) is 18.4. The number of nitrogens with zero attached hydrogens (tertiary/aromatic N) is 2. The van der Waals surface area contributed by atoms with E-state index in [0.717, 1.165) is 31.5 Å². The van der Waals surface area contributed by atoms with Crippen LogP contribution in [-0.4, -0.2) is 41.9 Å². The highest BCUT2D eigenvalue weighted by Crippen LogP contribution is 2.37. The molecule has 0 unspecified atom stereocenters. The van der Waals surface area contributed by atoms with Gasteiger partial charge in [0.2, 0.25) is 5.91 Å². The summed E-state index contributed by atoms with van der Waals surface area (Å²) >= 11 is 0. The average molecular weight is 413 g/mol. The van der Waals surface area contributed by atoms with Crippen LogP contribution in [0.4, 0.5) is 0 Å². The number of carbonyl (C=O) groups excluding carboxylic acids is 1. The molecule has 5 rings (SSSR count). The van der Waals surface area contributed by atoms with Crippen LogP contribution >= 0.6 is 0 Å². The van der Waals surface area contributed by atoms with Gasteiger partial charge < -0.3 is 4.90 Å². The molecule has 3 nitrogen and oxygen atoms in total. The minimum absolute atomic E-state index is 0.124. The molecule has 0 saturated carbocycles. The van der Waals surface area contributed by atoms with E-state index in [1.165, 1.54) is 41.2 Å². The van der Waals surface area contributed by atoms with Gasteiger partial charge in [-0.1, -0.05) is 66.7 Å². The van der Waals surface area contributed by atoms with Gasteiger partial charge in [-0.15, -0.1) is 0 Å². The van der Waals surface area contributed by atoms with Crippen LogP contribution < -0.4 is 0 Å². The molecule has 0 bridgehead atoms. The van der Waals surface area contributed by atoms with Crippen molar-refractivity contribution < 1.29 is 4.79 Å². The Kier molecular flexibility index (Phi) is 5.78. The van der Waals surface area contributed by atoms with Crippen LogP contribution in [-0.2, 0) is 17.6 Å². The third-order valence-electron chi connectivity index (χ3n) is 7.33. The van der Waals surface area contributed by atoms with Gasteiger partial charge in [-0.25, -0.2) is 0 Å². The monoisotopic (exact) mass is 412 g/mol. The van der Waals surface area contributed by atoms with Gasteiger partial charge in [-0.2, -0.15) is 0 Å². The molecular formula is C28H32N2O. The molecule has 1 fully saturated rings. The highest BCUT2D eigenvalue weighted by atomic mass is 16.2. The minimum Gasteiger partial charge on any atom is -0.337 e. The second-order valence-electron chi connectivity index (χ2n) is 9.17. The molecule has 0 radical (unpaired) electrons. The predicted molar refractivity (Wildman–Crippen MR) is 127 cm³/mol. The van der Waals surface area contributed by atoms with Crippen molar-refractivity contribution in [1.29, 1.82) is 0 Å². The maximum absolute atomic E-state index is 13.6. The molecule has 1 aliphatic carbocycles. The lowest BCUT2D eigenvalue weighted by molar-refractivity contribution is -0.132. The van der Waals surface area contributed by atoms with Gasteiger partial charge in [-0.3, -0.25) is 9.69 Å². The van der Waals surface area contributed by atoms with Crippen LogP contribution in [0.25, 0.3) is 10.8 Å². The molecule has 1 aliphatic heterocycles. The van der Waals surface area contributed by atoms with Crippen molar-refractivity contribution >= 4 is 16.7 Å². The smallest absolute Gasteiger partial charge is 0.227 e. The number of hydrogen-bond donors (Lipinski definition) is 0. The number of amides is 1. The van der Waals surface area contributed by atoms with Gasteiger partial charge in [0, 0.05) is 13.1 Å². The topological polar surface area (TPSA) is 23.6 Å². The first-order valence-corrected chi connectivity index (χ1v) is 11.8. The maximum atomic E-state index is 13.6. The molecule has 31 heavy (non-hydrogen) atoms. The van der Waals surface area contributed by atoms with Crippen LogP contribution in [0, 0.1) is 0 Å². The molecule has 160 valence electrons. The van der Waals surface area contributed by atoms with Crippen molar-refractivity contribution in [3.05, 3.63) is 83.4 Å². The summed E-state index contributed by atoms with van der Waals surface area (Å²) in [7, 11) is 2.03. The van der Waals surface area contributed by atoms with E-state index in [9.17, 15) is 4.79 Å². The molecule has 3 aromatic rings. The highest BCUT2D eigenvalue weighted by molar-refractivity contribution is 5.90. The van der Waals surface area contributed by atoms with Gasteiger partial charge in [0.1, 0.15) is 0 Å². The number of likely N-dealkylation sites (tertiary alicyclic amines) is 1. The second-order valence-corrected chi connectivity index (χ2v) is 9.17. The maximum Gasteiger partial charge on any atom is 0.227 e. The van der Waals surface area contributed by atoms with E-state index in [4.69, 9.17) is 0 Å². The van der Waals surface area contributed by atoms with Gasteiger partial charge in [0.15, 0.2) is 0 Å². The van der Waals surface area contributed by atoms with E-state index in [1.807, 2.05) is 7.05 Å². The van der Waals surface area contributed by atoms with E-state index < -0.39 is 0 Å². The number of hydrogen-bond acceptors (Lipinski definition) is 2. The Bertz CT molecular complexity index is 1060. The second kappa shape index (κ2) is 8.84. The van der Waals surface area contributed by atoms with Gasteiger partial charge in [0.25, 0.3) is 0 Å². The summed E-state index contributed by atoms with van der Waals surface area (Å²) in [5.74, 6) is 0.210. The van der Waals surface area contributed by atoms with Crippen LogP contribution in [0.3, 0.4) is 0 Å². The van der Waals surface area contributed by atoms with Crippen LogP contribution in [0.2, 0.25) is 0 Å². The minimum atomic E-state index is 0.124. The Morgan fingerprint density at radius 1 is 0.935 bits per heavy atom. The first kappa shape index (κ1) is 20.3. The fraction of sp³-hybridized carbons (Fsp3) is 0.393. The van der Waals surface area contributed by atoms with Crippen molar-refractivity contribution in [2.24, 2.45) is 0 Å². The molecule has 2 aliphatic rings. The lowest BCUT2D eigenvalue weighted by Crippen LogP contribution is -2.46. The van der Waals surface area contributed by atoms with Crippen LogP contribution in [0.5, 0.6) is 0 Å². The summed E-state index contributed by atoms with van der Waals surface area (Å²) in [5.41, 5.74) is 3.89. The Hall–Kier alpha value is -2.65. The molecule has 2 atom stereocenters. The molecule has 0 spiro atoms. The lowest BCUT2D eigenvalue weighted by atomic mass is 9.93. The number of carbonyl (C=O) groups is 1. The van der Waals surface area contributed by atoms with Crippen molar-refractivity contribution in [2.75, 3.05) is 20.1 Å². The van der Waals surface area contributed by atoms with Crippen LogP contribution in [0.1, 0.15) is 48.4 Å². The predicted octanol–water partition coefficient (Wildman–Crippen LogP) is 5.38. The summed E-state index contributed by atoms with van der Waals surface area (Å²) < 4.78 is 0. The lowest BCUT2D eigenvalue weighted by Gasteiger charge is -2.39. The summed E-state index contributed by atoms with van der Waals surface area (Å²) in [6.07, 6.45) is 6.47. The molecule has 1 saturated heterocycles. The zero-order valence-electron chi connectivity index (χ0n) is 18.5. The van der Waals surface area contributed by atoms with Crippen LogP contribution in [0.15, 0.2) is 66.7 Å². The SMILES string of the molecule is CN(C(=O)Cc1cccc2ccccc12)[C@H]1c2ccccc2CCC[C@@H]1N1CCCC1. The summed E-state index contributed by atoms with van der Waals surface area (Å²) in [6.45, 7) is 2.32. The number of benzene rings is 3. The highest BCUT2D eigenvalue weighted by Gasteiger charge is 2.37. The Morgan fingerprint density at radius 3 is 2.55 bits per heavy atom. The molecule has 0 N–H and O–H groups in total. The number of aryl methyl sites for hydroxylation is 1. The summed E-state index contributed by atoms with van der Waals surface area (Å²) in [5, 5.41) is 2.38. The number of likely N-dealkylation sites (N-methyl/N-ethyl adjacent to an activating group) is 1. The number of rotatable bonds is 4. The van der Waals surface area contributed by atoms with Crippen molar-refractivity contribution in [3.8, 4) is 0 Å². The first-order valence-electron chi connectivity index (χ1n) is 11.8. The third-order valence-corrected chi connectivity index (χ3v) is 7.33. The van der Waals surface area contributed by atoms with Gasteiger partial charge in [-0.05, 0) is 72.7 Å². The van der Waals surface area contributed by atoms with E-state index in [0.29, 0.717) is 12.5 Å². The standard InChI is InChI=1S/C28H32N2O/c1-29(27(31)20-23-14-8-12-21-10-2-4-15-24(21)23)28-25-16-5-3-11-22(25)13-9-17-26(28)30-18-6-7-19-30/h2-5,8,10-12,14-16,26,28H,6-7,9,13,17-20H2,1H3/t26-,28-/m0/s1. The molecule has 0 aromatic heterocycles. The third kappa shape index (κ3) is 3.99. The van der Waals surface area contributed by atoms with E-state index in [-0.39, 0.29) is 11.9 Å².